The number of likely N-dealkylation sites (tertiary alicyclic amines) is 1. The second-order valence-electron chi connectivity index (χ2n) is 9.98. The Morgan fingerprint density at radius 1 is 1.18 bits per heavy atom. The van der Waals surface area contributed by atoms with Crippen LogP contribution in [0.1, 0.15) is 26.7 Å². The molecule has 0 amide bonds. The number of hydrogen-bond donors (Lipinski definition) is 1. The van der Waals surface area contributed by atoms with Crippen LogP contribution in [0, 0.1) is 28.9 Å². The summed E-state index contributed by atoms with van der Waals surface area (Å²) < 4.78 is 35.3. The molecule has 10 heteroatoms. The van der Waals surface area contributed by atoms with Crippen molar-refractivity contribution in [2.75, 3.05) is 18.8 Å². The largest absolute Gasteiger partial charge is 0.451 e. The van der Waals surface area contributed by atoms with Gasteiger partial charge >= 0.3 is 0 Å². The van der Waals surface area contributed by atoms with Gasteiger partial charge < -0.3 is 10.5 Å². The van der Waals surface area contributed by atoms with Gasteiger partial charge in [0.2, 0.25) is 0 Å². The first kappa shape index (κ1) is 26.3. The van der Waals surface area contributed by atoms with Crippen molar-refractivity contribution < 1.29 is 13.5 Å². The monoisotopic (exact) mass is 529 g/mol. The topological polar surface area (TPSA) is 106 Å². The molecule has 3 heterocycles. The zero-order chi connectivity index (χ0) is 27.5. The number of benzene rings is 2. The van der Waals surface area contributed by atoms with Gasteiger partial charge in [-0.2, -0.15) is 10.4 Å². The lowest BCUT2D eigenvalue weighted by Crippen LogP contribution is -2.34. The van der Waals surface area contributed by atoms with Crippen LogP contribution in [0.4, 0.5) is 14.6 Å². The normalized spacial score (nSPS) is 16.2. The smallest absolute Gasteiger partial charge is 0.198 e. The van der Waals surface area contributed by atoms with Gasteiger partial charge in [-0.05, 0) is 61.7 Å². The van der Waals surface area contributed by atoms with Crippen LogP contribution < -0.4 is 10.5 Å². The Balaban J connectivity index is 1.43. The Labute approximate surface area is 225 Å². The molecule has 1 fully saturated rings. The van der Waals surface area contributed by atoms with E-state index in [0.29, 0.717) is 41.6 Å². The number of fused-ring (bicyclic) bond motifs is 1. The predicted molar refractivity (Wildman–Crippen MR) is 145 cm³/mol. The maximum atomic E-state index is 14.0. The van der Waals surface area contributed by atoms with E-state index in [1.165, 1.54) is 12.4 Å². The number of para-hydroxylation sites is 1. The molecule has 0 spiro atoms. The number of nitrogens with zero attached hydrogens (tertiary/aromatic N) is 6. The van der Waals surface area contributed by atoms with E-state index in [0.717, 1.165) is 42.7 Å². The lowest BCUT2D eigenvalue weighted by Gasteiger charge is -2.24. The summed E-state index contributed by atoms with van der Waals surface area (Å²) in [7, 11) is 0. The Morgan fingerprint density at radius 3 is 2.62 bits per heavy atom. The van der Waals surface area contributed by atoms with Crippen LogP contribution in [-0.2, 0) is 6.54 Å². The third-order valence-electron chi connectivity index (χ3n) is 6.76. The van der Waals surface area contributed by atoms with Gasteiger partial charge in [-0.3, -0.25) is 4.90 Å². The quantitative estimate of drug-likeness (QED) is 0.291. The van der Waals surface area contributed by atoms with Crippen LogP contribution in [0.2, 0.25) is 0 Å². The summed E-state index contributed by atoms with van der Waals surface area (Å²) in [4.78, 5) is 11.0. The molecule has 200 valence electrons. The molecular weight excluding hydrogens is 500 g/mol. The molecule has 1 aliphatic rings. The lowest BCUT2D eigenvalue weighted by molar-refractivity contribution is 0.248. The van der Waals surface area contributed by atoms with Crippen molar-refractivity contribution in [3.8, 4) is 28.8 Å². The van der Waals surface area contributed by atoms with Crippen molar-refractivity contribution in [3.05, 3.63) is 72.1 Å². The number of anilines is 1. The minimum absolute atomic E-state index is 0.187. The van der Waals surface area contributed by atoms with Crippen molar-refractivity contribution in [2.45, 2.75) is 39.3 Å². The molecule has 2 aromatic heterocycles. The van der Waals surface area contributed by atoms with Gasteiger partial charge in [0.25, 0.3) is 0 Å². The molecule has 2 N–H and O–H groups in total. The number of nitrogen functional groups attached to an aromatic ring is 1. The molecule has 1 atom stereocenters. The number of nitrogens with two attached hydrogens (primary N) is 1. The van der Waals surface area contributed by atoms with E-state index >= 15 is 0 Å². The number of nitriles is 1. The second-order valence-corrected chi connectivity index (χ2v) is 9.98. The standard InChI is InChI=1S/C29H29F2N7O/c1-18(2)13-19(14-32)15-37-12-4-5-21(37)16-38-29-25(28(33)34-17-35-29)26(36-38)20-8-10-22(11-9-20)39-27-23(30)6-3-7-24(27)31/h3,6-11,13,17-18,21H,4-5,12,15-16H2,1-2H3,(H2,33,34,35). The number of rotatable bonds is 8. The molecule has 4 aromatic rings. The fourth-order valence-corrected chi connectivity index (χ4v) is 4.99. The van der Waals surface area contributed by atoms with Crippen LogP contribution in [0.15, 0.2) is 60.4 Å². The zero-order valence-corrected chi connectivity index (χ0v) is 21.8. The van der Waals surface area contributed by atoms with Crippen molar-refractivity contribution in [2.24, 2.45) is 5.92 Å². The van der Waals surface area contributed by atoms with Crippen LogP contribution >= 0.6 is 0 Å². The van der Waals surface area contributed by atoms with Gasteiger partial charge in [-0.25, -0.2) is 23.4 Å². The summed E-state index contributed by atoms with van der Waals surface area (Å²) in [6.45, 7) is 6.23. The highest BCUT2D eigenvalue weighted by Crippen LogP contribution is 2.34. The third kappa shape index (κ3) is 5.59. The van der Waals surface area contributed by atoms with E-state index in [4.69, 9.17) is 15.6 Å². The summed E-state index contributed by atoms with van der Waals surface area (Å²) in [5.74, 6) is -1.13. The molecule has 1 aliphatic heterocycles. The first-order valence-corrected chi connectivity index (χ1v) is 12.9. The van der Waals surface area contributed by atoms with Crippen LogP contribution in [0.25, 0.3) is 22.3 Å². The van der Waals surface area contributed by atoms with E-state index in [2.05, 4.69) is 34.8 Å². The molecule has 0 bridgehead atoms. The predicted octanol–water partition coefficient (Wildman–Crippen LogP) is 5.72. The van der Waals surface area contributed by atoms with Crippen LogP contribution in [-0.4, -0.2) is 43.8 Å². The summed E-state index contributed by atoms with van der Waals surface area (Å²) in [5.41, 5.74) is 9.00. The highest BCUT2D eigenvalue weighted by Gasteiger charge is 2.28. The minimum Gasteiger partial charge on any atom is -0.451 e. The van der Waals surface area contributed by atoms with E-state index in [1.807, 2.05) is 10.8 Å². The average Bonchev–Trinajstić information content (AvgIpc) is 3.51. The van der Waals surface area contributed by atoms with Gasteiger partial charge in [-0.1, -0.05) is 26.0 Å². The van der Waals surface area contributed by atoms with Gasteiger partial charge in [0.1, 0.15) is 23.6 Å². The third-order valence-corrected chi connectivity index (χ3v) is 6.76. The molecule has 2 aromatic carbocycles. The number of allylic oxidation sites excluding steroid dienone is 1. The maximum Gasteiger partial charge on any atom is 0.198 e. The van der Waals surface area contributed by atoms with E-state index in [1.54, 1.807) is 24.3 Å². The van der Waals surface area contributed by atoms with Gasteiger partial charge in [0.05, 0.1) is 18.0 Å². The van der Waals surface area contributed by atoms with Crippen molar-refractivity contribution in [1.82, 2.24) is 24.6 Å². The van der Waals surface area contributed by atoms with Crippen LogP contribution in [0.5, 0.6) is 11.5 Å². The number of hydrogen-bond acceptors (Lipinski definition) is 7. The average molecular weight is 530 g/mol. The summed E-state index contributed by atoms with van der Waals surface area (Å²) >= 11 is 0. The molecule has 1 saturated heterocycles. The number of halogens is 2. The molecule has 0 radical (unpaired) electrons. The highest BCUT2D eigenvalue weighted by molar-refractivity contribution is 5.98. The number of ether oxygens (including phenoxy) is 1. The molecular formula is C29H29F2N7O. The highest BCUT2D eigenvalue weighted by atomic mass is 19.1. The van der Waals surface area contributed by atoms with E-state index in [9.17, 15) is 14.0 Å². The Morgan fingerprint density at radius 2 is 1.92 bits per heavy atom. The zero-order valence-electron chi connectivity index (χ0n) is 21.8. The molecule has 0 saturated carbocycles. The lowest BCUT2D eigenvalue weighted by atomic mass is 10.1. The summed E-state index contributed by atoms with van der Waals surface area (Å²) in [6.07, 6.45) is 5.46. The number of aromatic nitrogens is 4. The van der Waals surface area contributed by atoms with Gasteiger partial charge in [0, 0.05) is 23.7 Å². The van der Waals surface area contributed by atoms with E-state index in [-0.39, 0.29) is 11.8 Å². The molecule has 1 unspecified atom stereocenters. The Hall–Kier alpha value is -4.36. The molecule has 39 heavy (non-hydrogen) atoms. The first-order chi connectivity index (χ1) is 18.8. The Bertz CT molecular complexity index is 1540. The summed E-state index contributed by atoms with van der Waals surface area (Å²) in [5, 5.41) is 15.1. The van der Waals surface area contributed by atoms with Crippen LogP contribution in [0.3, 0.4) is 0 Å². The minimum atomic E-state index is -0.781. The molecule has 8 nitrogen and oxygen atoms in total. The fraction of sp³-hybridized carbons (Fsp3) is 0.310. The molecule has 0 aliphatic carbocycles. The van der Waals surface area contributed by atoms with E-state index < -0.39 is 17.4 Å². The maximum absolute atomic E-state index is 14.0. The van der Waals surface area contributed by atoms with Crippen molar-refractivity contribution in [3.63, 3.8) is 0 Å². The van der Waals surface area contributed by atoms with Gasteiger partial charge in [-0.15, -0.1) is 0 Å². The molecule has 5 rings (SSSR count). The van der Waals surface area contributed by atoms with Crippen molar-refractivity contribution in [1.29, 1.82) is 5.26 Å². The Kier molecular flexibility index (Phi) is 7.52. The van der Waals surface area contributed by atoms with Gasteiger partial charge in [0.15, 0.2) is 23.0 Å². The first-order valence-electron chi connectivity index (χ1n) is 12.9. The SMILES string of the molecule is CC(C)C=C(C#N)CN1CCCC1Cn1nc(-c2ccc(Oc3c(F)cccc3F)cc2)c2c(N)ncnc21. The second kappa shape index (κ2) is 11.2. The van der Waals surface area contributed by atoms with Crippen molar-refractivity contribution >= 4 is 16.9 Å². The summed E-state index contributed by atoms with van der Waals surface area (Å²) in [6, 6.07) is 12.8. The fourth-order valence-electron chi connectivity index (χ4n) is 4.99.